The van der Waals surface area contributed by atoms with Crippen LogP contribution in [0, 0.1) is 0 Å². The van der Waals surface area contributed by atoms with Crippen LogP contribution in [-0.2, 0) is 0 Å². The summed E-state index contributed by atoms with van der Waals surface area (Å²) in [5, 5.41) is 0. The molecule has 0 aliphatic rings. The van der Waals surface area contributed by atoms with E-state index in [1.54, 1.807) is 0 Å². The molecule has 0 amide bonds. The Hall–Kier alpha value is -0.980. The molecule has 7 heteroatoms. The fraction of sp³-hybridized carbons (Fsp3) is 0.333. The van der Waals surface area contributed by atoms with Crippen molar-refractivity contribution in [2.24, 2.45) is 0 Å². The monoisotopic (exact) mass is 302 g/mol. The molecule has 1 aromatic rings. The lowest BCUT2D eigenvalue weighted by atomic mass is 10.3. The molecule has 0 heterocycles. The quantitative estimate of drug-likeness (QED) is 0.790. The molecule has 0 N–H and O–H groups in total. The zero-order chi connectivity index (χ0) is 12.2. The third kappa shape index (κ3) is 4.26. The van der Waals surface area contributed by atoms with Gasteiger partial charge in [0.1, 0.15) is 24.8 Å². The summed E-state index contributed by atoms with van der Waals surface area (Å²) in [6, 6.07) is 3.45. The van der Waals surface area contributed by atoms with Crippen molar-refractivity contribution in [1.29, 1.82) is 0 Å². The Balaban J connectivity index is 2.74. The van der Waals surface area contributed by atoms with E-state index in [0.29, 0.717) is 0 Å². The summed E-state index contributed by atoms with van der Waals surface area (Å²) >= 11 is 2.99. The maximum atomic E-state index is 11.9. The predicted molar refractivity (Wildman–Crippen MR) is 52.3 cm³/mol. The molecule has 0 fully saturated rings. The highest BCUT2D eigenvalue weighted by atomic mass is 79.9. The molecule has 1 aromatic carbocycles. The summed E-state index contributed by atoms with van der Waals surface area (Å²) in [7, 11) is 0. The molecule has 0 radical (unpaired) electrons. The average molecular weight is 303 g/mol. The van der Waals surface area contributed by atoms with Gasteiger partial charge in [0.15, 0.2) is 0 Å². The van der Waals surface area contributed by atoms with Gasteiger partial charge in [-0.1, -0.05) is 0 Å². The number of alkyl halides is 4. The van der Waals surface area contributed by atoms with Crippen molar-refractivity contribution >= 4 is 15.9 Å². The van der Waals surface area contributed by atoms with Gasteiger partial charge in [0.2, 0.25) is 0 Å². The maximum absolute atomic E-state index is 11.9. The molecule has 0 saturated carbocycles. The van der Waals surface area contributed by atoms with Crippen molar-refractivity contribution in [2.75, 3.05) is 13.3 Å². The maximum Gasteiger partial charge on any atom is 0.573 e. The van der Waals surface area contributed by atoms with Crippen molar-refractivity contribution in [1.82, 2.24) is 0 Å². The van der Waals surface area contributed by atoms with E-state index in [4.69, 9.17) is 4.74 Å². The molecule has 0 spiro atoms. The molecule has 0 bridgehead atoms. The van der Waals surface area contributed by atoms with E-state index in [1.807, 2.05) is 0 Å². The van der Waals surface area contributed by atoms with Crippen LogP contribution in [0.3, 0.4) is 0 Å². The van der Waals surface area contributed by atoms with E-state index < -0.39 is 13.0 Å². The number of rotatable bonds is 4. The normalized spacial score (nSPS) is 11.3. The van der Waals surface area contributed by atoms with Gasteiger partial charge in [0, 0.05) is 0 Å². The molecule has 1 rings (SSSR count). The first kappa shape index (κ1) is 13.1. The molecule has 16 heavy (non-hydrogen) atoms. The smallest absolute Gasteiger partial charge is 0.490 e. The summed E-state index contributed by atoms with van der Waals surface area (Å²) in [5.74, 6) is -0.112. The highest BCUT2D eigenvalue weighted by molar-refractivity contribution is 9.10. The average Bonchev–Trinajstić information content (AvgIpc) is 2.14. The van der Waals surface area contributed by atoms with Gasteiger partial charge in [-0.3, -0.25) is 0 Å². The Morgan fingerprint density at radius 3 is 2.44 bits per heavy atom. The molecule has 0 saturated heterocycles. The Bertz CT molecular complexity index is 354. The van der Waals surface area contributed by atoms with Crippen molar-refractivity contribution in [2.45, 2.75) is 6.36 Å². The third-order valence-electron chi connectivity index (χ3n) is 1.47. The minimum atomic E-state index is -4.74. The van der Waals surface area contributed by atoms with E-state index in [-0.39, 0.29) is 22.6 Å². The Morgan fingerprint density at radius 1 is 1.25 bits per heavy atom. The van der Waals surface area contributed by atoms with Gasteiger partial charge < -0.3 is 9.47 Å². The van der Waals surface area contributed by atoms with E-state index in [1.165, 1.54) is 6.07 Å². The standard InChI is InChI=1S/C9H7BrF4O2/c10-7-5-6(16-9(12,13)14)1-2-8(7)15-4-3-11/h1-2,5H,3-4H2. The zero-order valence-corrected chi connectivity index (χ0v) is 9.44. The largest absolute Gasteiger partial charge is 0.573 e. The highest BCUT2D eigenvalue weighted by Gasteiger charge is 2.31. The van der Waals surface area contributed by atoms with E-state index in [9.17, 15) is 17.6 Å². The topological polar surface area (TPSA) is 18.5 Å². The number of halogens is 5. The lowest BCUT2D eigenvalue weighted by Gasteiger charge is -2.11. The van der Waals surface area contributed by atoms with Crippen molar-refractivity contribution in [3.8, 4) is 11.5 Å². The Morgan fingerprint density at radius 2 is 1.94 bits per heavy atom. The minimum absolute atomic E-state index is 0.155. The van der Waals surface area contributed by atoms with E-state index in [0.717, 1.165) is 12.1 Å². The Labute approximate surface area is 97.3 Å². The molecule has 2 nitrogen and oxygen atoms in total. The van der Waals surface area contributed by atoms with Gasteiger partial charge in [-0.15, -0.1) is 13.2 Å². The second-order valence-electron chi connectivity index (χ2n) is 2.68. The second-order valence-corrected chi connectivity index (χ2v) is 3.53. The van der Waals surface area contributed by atoms with Crippen LogP contribution in [0.2, 0.25) is 0 Å². The van der Waals surface area contributed by atoms with Crippen LogP contribution in [0.25, 0.3) is 0 Å². The van der Waals surface area contributed by atoms with Gasteiger partial charge in [-0.2, -0.15) is 0 Å². The summed E-state index contributed by atoms with van der Waals surface area (Å²) in [5.41, 5.74) is 0. The fourth-order valence-electron chi connectivity index (χ4n) is 0.944. The molecule has 0 aromatic heterocycles. The van der Waals surface area contributed by atoms with Crippen LogP contribution in [0.4, 0.5) is 17.6 Å². The summed E-state index contributed by atoms with van der Waals surface area (Å²) < 4.78 is 56.2. The van der Waals surface area contributed by atoms with E-state index in [2.05, 4.69) is 20.7 Å². The van der Waals surface area contributed by atoms with Crippen molar-refractivity contribution < 1.29 is 27.0 Å². The van der Waals surface area contributed by atoms with Crippen LogP contribution in [0.15, 0.2) is 22.7 Å². The molecular formula is C9H7BrF4O2. The number of hydrogen-bond acceptors (Lipinski definition) is 2. The Kier molecular flexibility index (Phi) is 4.40. The molecule has 0 atom stereocenters. The van der Waals surface area contributed by atoms with Crippen molar-refractivity contribution in [3.63, 3.8) is 0 Å². The molecule has 0 unspecified atom stereocenters. The molecule has 90 valence electrons. The van der Waals surface area contributed by atoms with Gasteiger partial charge in [-0.25, -0.2) is 4.39 Å². The number of benzene rings is 1. The minimum Gasteiger partial charge on any atom is -0.490 e. The lowest BCUT2D eigenvalue weighted by molar-refractivity contribution is -0.274. The van der Waals surface area contributed by atoms with Gasteiger partial charge in [-0.05, 0) is 34.1 Å². The van der Waals surface area contributed by atoms with Crippen LogP contribution in [0.5, 0.6) is 11.5 Å². The molecular weight excluding hydrogens is 296 g/mol. The van der Waals surface area contributed by atoms with Gasteiger partial charge in [0.25, 0.3) is 0 Å². The second kappa shape index (κ2) is 5.38. The highest BCUT2D eigenvalue weighted by Crippen LogP contribution is 2.31. The van der Waals surface area contributed by atoms with Crippen molar-refractivity contribution in [3.05, 3.63) is 22.7 Å². The fourth-order valence-corrected chi connectivity index (χ4v) is 1.42. The first-order valence-electron chi connectivity index (χ1n) is 4.16. The molecule has 0 aliphatic carbocycles. The number of hydrogen-bond donors (Lipinski definition) is 0. The third-order valence-corrected chi connectivity index (χ3v) is 2.09. The first-order chi connectivity index (χ1) is 7.42. The SMILES string of the molecule is FCCOc1ccc(OC(F)(F)F)cc1Br. The lowest BCUT2D eigenvalue weighted by Crippen LogP contribution is -2.17. The van der Waals surface area contributed by atoms with Crippen LogP contribution >= 0.6 is 15.9 Å². The molecule has 0 aliphatic heterocycles. The van der Waals surface area contributed by atoms with Crippen LogP contribution in [0.1, 0.15) is 0 Å². The number of ether oxygens (including phenoxy) is 2. The zero-order valence-electron chi connectivity index (χ0n) is 7.85. The van der Waals surface area contributed by atoms with Gasteiger partial charge >= 0.3 is 6.36 Å². The van der Waals surface area contributed by atoms with E-state index >= 15 is 0 Å². The summed E-state index contributed by atoms with van der Waals surface area (Å²) in [6.07, 6.45) is -4.74. The van der Waals surface area contributed by atoms with Crippen LogP contribution < -0.4 is 9.47 Å². The first-order valence-corrected chi connectivity index (χ1v) is 4.96. The summed E-state index contributed by atoms with van der Waals surface area (Å²) in [4.78, 5) is 0. The predicted octanol–water partition coefficient (Wildman–Crippen LogP) is 3.70. The van der Waals surface area contributed by atoms with Gasteiger partial charge in [0.05, 0.1) is 4.47 Å². The van der Waals surface area contributed by atoms with Crippen LogP contribution in [-0.4, -0.2) is 19.6 Å². The summed E-state index contributed by atoms with van der Waals surface area (Å²) in [6.45, 7) is -0.828.